The molecule has 1 aliphatic carbocycles. The van der Waals surface area contributed by atoms with Gasteiger partial charge in [-0.2, -0.15) is 0 Å². The molecule has 1 aliphatic rings. The molecule has 2 unspecified atom stereocenters. The molecule has 0 saturated heterocycles. The molecule has 5 nitrogen and oxygen atoms in total. The van der Waals surface area contributed by atoms with Crippen molar-refractivity contribution in [1.29, 1.82) is 0 Å². The first-order valence-corrected chi connectivity index (χ1v) is 6.08. The number of hydrogen-bond donors (Lipinski definition) is 2. The Kier molecular flexibility index (Phi) is 2.48. The zero-order valence-corrected chi connectivity index (χ0v) is 9.60. The Balaban J connectivity index is 2.15. The molecule has 0 spiro atoms. The van der Waals surface area contributed by atoms with Crippen LogP contribution in [0.15, 0.2) is 23.1 Å². The maximum atomic E-state index is 12.0. The largest absolute Gasteiger partial charge is 0.327 e. The molecular formula is C12H16N4O. The standard InChI is InChI=1S/C12H16N4O/c13-8-4-1-2-5-9(8)16-10-6-3-7-14-11(10)15-12(16)17/h3,6-9H,1-2,4-5,13H2,(H,14,15,17). The molecule has 90 valence electrons. The lowest BCUT2D eigenvalue weighted by Crippen LogP contribution is -2.38. The predicted molar refractivity (Wildman–Crippen MR) is 65.8 cm³/mol. The van der Waals surface area contributed by atoms with Crippen LogP contribution in [0.1, 0.15) is 31.7 Å². The first-order chi connectivity index (χ1) is 8.27. The number of imidazole rings is 1. The summed E-state index contributed by atoms with van der Waals surface area (Å²) < 4.78 is 1.78. The highest BCUT2D eigenvalue weighted by Gasteiger charge is 2.26. The third-order valence-corrected chi connectivity index (χ3v) is 3.60. The number of aromatic amines is 1. The molecule has 2 heterocycles. The second kappa shape index (κ2) is 4.00. The van der Waals surface area contributed by atoms with Crippen molar-refractivity contribution >= 4 is 11.2 Å². The van der Waals surface area contributed by atoms with Gasteiger partial charge in [-0.05, 0) is 25.0 Å². The maximum absolute atomic E-state index is 12.0. The molecule has 17 heavy (non-hydrogen) atoms. The van der Waals surface area contributed by atoms with Gasteiger partial charge < -0.3 is 5.73 Å². The number of rotatable bonds is 1. The van der Waals surface area contributed by atoms with Crippen LogP contribution in [0.3, 0.4) is 0 Å². The summed E-state index contributed by atoms with van der Waals surface area (Å²) in [6.07, 6.45) is 5.95. The third kappa shape index (κ3) is 1.67. The molecule has 0 radical (unpaired) electrons. The van der Waals surface area contributed by atoms with Gasteiger partial charge in [-0.1, -0.05) is 12.8 Å². The molecule has 2 aromatic rings. The van der Waals surface area contributed by atoms with Crippen molar-refractivity contribution in [2.45, 2.75) is 37.8 Å². The third-order valence-electron chi connectivity index (χ3n) is 3.60. The van der Waals surface area contributed by atoms with Gasteiger partial charge in [-0.25, -0.2) is 9.78 Å². The normalized spacial score (nSPS) is 25.2. The molecule has 3 rings (SSSR count). The van der Waals surface area contributed by atoms with Crippen LogP contribution < -0.4 is 11.4 Å². The van der Waals surface area contributed by atoms with Gasteiger partial charge in [0.2, 0.25) is 0 Å². The number of hydrogen-bond acceptors (Lipinski definition) is 3. The van der Waals surface area contributed by atoms with E-state index in [0.717, 1.165) is 31.2 Å². The fourth-order valence-corrected chi connectivity index (χ4v) is 2.75. The van der Waals surface area contributed by atoms with Crippen LogP contribution >= 0.6 is 0 Å². The molecular weight excluding hydrogens is 216 g/mol. The van der Waals surface area contributed by atoms with Gasteiger partial charge in [0, 0.05) is 12.2 Å². The van der Waals surface area contributed by atoms with Crippen molar-refractivity contribution in [2.75, 3.05) is 0 Å². The first-order valence-electron chi connectivity index (χ1n) is 6.08. The van der Waals surface area contributed by atoms with E-state index in [1.165, 1.54) is 0 Å². The van der Waals surface area contributed by atoms with Crippen LogP contribution in [0.4, 0.5) is 0 Å². The lowest BCUT2D eigenvalue weighted by Gasteiger charge is -2.29. The van der Waals surface area contributed by atoms with Gasteiger partial charge >= 0.3 is 5.69 Å². The number of fused-ring (bicyclic) bond motifs is 1. The van der Waals surface area contributed by atoms with E-state index in [2.05, 4.69) is 9.97 Å². The summed E-state index contributed by atoms with van der Waals surface area (Å²) in [7, 11) is 0. The van der Waals surface area contributed by atoms with Gasteiger partial charge in [-0.3, -0.25) is 9.55 Å². The Bertz CT molecular complexity index is 585. The average molecular weight is 232 g/mol. The smallest absolute Gasteiger partial charge is 0.326 e. The van der Waals surface area contributed by atoms with Crippen molar-refractivity contribution in [3.8, 4) is 0 Å². The van der Waals surface area contributed by atoms with Crippen LogP contribution in [0.25, 0.3) is 11.2 Å². The summed E-state index contributed by atoms with van der Waals surface area (Å²) in [5, 5.41) is 0. The summed E-state index contributed by atoms with van der Waals surface area (Å²) in [5.41, 5.74) is 7.55. The second-order valence-electron chi connectivity index (χ2n) is 4.69. The van der Waals surface area contributed by atoms with Crippen LogP contribution in [0, 0.1) is 0 Å². The minimum atomic E-state index is -0.0962. The lowest BCUT2D eigenvalue weighted by atomic mass is 9.91. The van der Waals surface area contributed by atoms with E-state index in [0.29, 0.717) is 5.65 Å². The van der Waals surface area contributed by atoms with Crippen molar-refractivity contribution in [2.24, 2.45) is 5.73 Å². The minimum absolute atomic E-state index is 0.0701. The Morgan fingerprint density at radius 1 is 1.41 bits per heavy atom. The molecule has 0 bridgehead atoms. The van der Waals surface area contributed by atoms with Gasteiger partial charge in [-0.15, -0.1) is 0 Å². The average Bonchev–Trinajstić information content (AvgIpc) is 2.66. The second-order valence-corrected chi connectivity index (χ2v) is 4.69. The summed E-state index contributed by atoms with van der Waals surface area (Å²) in [6, 6.07) is 3.94. The van der Waals surface area contributed by atoms with Crippen LogP contribution in [0.5, 0.6) is 0 Å². The van der Waals surface area contributed by atoms with Crippen LogP contribution in [-0.2, 0) is 0 Å². The van der Waals surface area contributed by atoms with E-state index in [1.54, 1.807) is 10.8 Å². The van der Waals surface area contributed by atoms with Gasteiger partial charge in [0.05, 0.1) is 11.6 Å². The molecule has 2 atom stereocenters. The van der Waals surface area contributed by atoms with E-state index >= 15 is 0 Å². The predicted octanol–water partition coefficient (Wildman–Crippen LogP) is 1.17. The van der Waals surface area contributed by atoms with Crippen molar-refractivity contribution in [3.05, 3.63) is 28.8 Å². The van der Waals surface area contributed by atoms with Crippen molar-refractivity contribution < 1.29 is 0 Å². The highest BCUT2D eigenvalue weighted by Crippen LogP contribution is 2.28. The number of nitrogens with zero attached hydrogens (tertiary/aromatic N) is 2. The monoisotopic (exact) mass is 232 g/mol. The fourth-order valence-electron chi connectivity index (χ4n) is 2.75. The van der Waals surface area contributed by atoms with Crippen molar-refractivity contribution in [3.63, 3.8) is 0 Å². The quantitative estimate of drug-likeness (QED) is 0.774. The summed E-state index contributed by atoms with van der Waals surface area (Å²) in [5.74, 6) is 0. The Morgan fingerprint density at radius 2 is 2.24 bits per heavy atom. The Hall–Kier alpha value is -1.62. The Labute approximate surface area is 98.7 Å². The number of H-pyrrole nitrogens is 1. The van der Waals surface area contributed by atoms with Gasteiger partial charge in [0.1, 0.15) is 0 Å². The number of nitrogens with two attached hydrogens (primary N) is 1. The summed E-state index contributed by atoms with van der Waals surface area (Å²) in [4.78, 5) is 18.9. The number of aromatic nitrogens is 3. The van der Waals surface area contributed by atoms with E-state index in [1.807, 2.05) is 12.1 Å². The zero-order valence-electron chi connectivity index (χ0n) is 9.60. The van der Waals surface area contributed by atoms with Crippen molar-refractivity contribution in [1.82, 2.24) is 14.5 Å². The molecule has 0 aromatic carbocycles. The molecule has 0 aliphatic heterocycles. The van der Waals surface area contributed by atoms with Crippen LogP contribution in [-0.4, -0.2) is 20.6 Å². The maximum Gasteiger partial charge on any atom is 0.327 e. The number of nitrogens with one attached hydrogen (secondary N) is 1. The first kappa shape index (κ1) is 10.5. The number of pyridine rings is 1. The zero-order chi connectivity index (χ0) is 11.8. The van der Waals surface area contributed by atoms with Gasteiger partial charge in [0.25, 0.3) is 0 Å². The van der Waals surface area contributed by atoms with E-state index < -0.39 is 0 Å². The van der Waals surface area contributed by atoms with E-state index in [-0.39, 0.29) is 17.8 Å². The molecule has 3 N–H and O–H groups in total. The van der Waals surface area contributed by atoms with E-state index in [9.17, 15) is 4.79 Å². The molecule has 0 amide bonds. The minimum Gasteiger partial charge on any atom is -0.326 e. The molecule has 5 heteroatoms. The topological polar surface area (TPSA) is 76.7 Å². The molecule has 1 fully saturated rings. The van der Waals surface area contributed by atoms with Gasteiger partial charge in [0.15, 0.2) is 5.65 Å². The fraction of sp³-hybridized carbons (Fsp3) is 0.500. The Morgan fingerprint density at radius 3 is 3.06 bits per heavy atom. The highest BCUT2D eigenvalue weighted by atomic mass is 16.1. The molecule has 1 saturated carbocycles. The highest BCUT2D eigenvalue weighted by molar-refractivity contribution is 5.70. The SMILES string of the molecule is NC1CCCCC1n1c(=O)[nH]c2ncccc21. The van der Waals surface area contributed by atoms with Crippen LogP contribution in [0.2, 0.25) is 0 Å². The lowest BCUT2D eigenvalue weighted by molar-refractivity contribution is 0.306. The molecule has 2 aromatic heterocycles. The van der Waals surface area contributed by atoms with E-state index in [4.69, 9.17) is 5.73 Å². The summed E-state index contributed by atoms with van der Waals surface area (Å²) in [6.45, 7) is 0. The summed E-state index contributed by atoms with van der Waals surface area (Å²) >= 11 is 0.